The lowest BCUT2D eigenvalue weighted by Gasteiger charge is -2.29. The molecule has 1 unspecified atom stereocenters. The van der Waals surface area contributed by atoms with Crippen molar-refractivity contribution in [2.24, 2.45) is 5.41 Å². The van der Waals surface area contributed by atoms with Crippen molar-refractivity contribution in [1.82, 2.24) is 16.2 Å². The van der Waals surface area contributed by atoms with Crippen molar-refractivity contribution in [3.8, 4) is 18.2 Å². The van der Waals surface area contributed by atoms with Gasteiger partial charge in [-0.05, 0) is 0 Å². The van der Waals surface area contributed by atoms with E-state index in [-0.39, 0.29) is 0 Å². The summed E-state index contributed by atoms with van der Waals surface area (Å²) < 4.78 is 0. The van der Waals surface area contributed by atoms with Crippen molar-refractivity contribution in [2.45, 2.75) is 6.04 Å². The van der Waals surface area contributed by atoms with E-state index in [2.05, 4.69) is 16.2 Å². The van der Waals surface area contributed by atoms with Gasteiger partial charge in [0.2, 0.25) is 5.41 Å². The Hall–Kier alpha value is -1.65. The Bertz CT molecular complexity index is 260. The van der Waals surface area contributed by atoms with E-state index in [1.807, 2.05) is 0 Å². The van der Waals surface area contributed by atoms with Gasteiger partial charge >= 0.3 is 0 Å². The topological polar surface area (TPSA) is 107 Å². The maximum Gasteiger partial charge on any atom is 0.246 e. The normalized spacial score (nSPS) is 22.4. The fraction of sp³-hybridized carbons (Fsp3) is 0.571. The molecule has 6 nitrogen and oxygen atoms in total. The molecule has 0 aromatic rings. The highest BCUT2D eigenvalue weighted by Gasteiger charge is 2.40. The lowest BCUT2D eigenvalue weighted by atomic mass is 9.85. The molecule has 1 aliphatic heterocycles. The van der Waals surface area contributed by atoms with Crippen LogP contribution < -0.4 is 16.2 Å². The maximum atomic E-state index is 8.74. The molecular weight excluding hydrogens is 168 g/mol. The molecule has 0 amide bonds. The fourth-order valence-corrected chi connectivity index (χ4v) is 1.07. The summed E-state index contributed by atoms with van der Waals surface area (Å²) >= 11 is 0. The molecule has 13 heavy (non-hydrogen) atoms. The lowest BCUT2D eigenvalue weighted by Crippen LogP contribution is -2.61. The van der Waals surface area contributed by atoms with Gasteiger partial charge in [-0.2, -0.15) is 15.8 Å². The molecular formula is C7H8N6. The van der Waals surface area contributed by atoms with E-state index in [1.165, 1.54) is 0 Å². The molecule has 1 atom stereocenters. The van der Waals surface area contributed by atoms with E-state index in [0.717, 1.165) is 0 Å². The third kappa shape index (κ3) is 1.58. The molecule has 6 heteroatoms. The summed E-state index contributed by atoms with van der Waals surface area (Å²) in [5.41, 5.74) is 3.84. The third-order valence-electron chi connectivity index (χ3n) is 1.89. The molecule has 0 aromatic heterocycles. The Kier molecular flexibility index (Phi) is 2.79. The van der Waals surface area contributed by atoms with Crippen LogP contribution in [0.15, 0.2) is 0 Å². The highest BCUT2D eigenvalue weighted by atomic mass is 15.4. The first-order chi connectivity index (χ1) is 6.29. The minimum absolute atomic E-state index is 0.418. The Morgan fingerprint density at radius 3 is 2.15 bits per heavy atom. The zero-order chi connectivity index (χ0) is 9.73. The van der Waals surface area contributed by atoms with Gasteiger partial charge in [-0.25, -0.2) is 10.9 Å². The number of hydrogen-bond donors (Lipinski definition) is 3. The standard InChI is InChI=1S/C7H8N6/c8-2-7(3-9,4-10)6-1-11-5-12-13-6/h6,11-13H,1,5H2. The van der Waals surface area contributed by atoms with E-state index >= 15 is 0 Å². The second-order valence-corrected chi connectivity index (χ2v) is 2.65. The minimum atomic E-state index is -1.62. The predicted molar refractivity (Wildman–Crippen MR) is 42.2 cm³/mol. The van der Waals surface area contributed by atoms with Crippen molar-refractivity contribution in [3.05, 3.63) is 0 Å². The van der Waals surface area contributed by atoms with Gasteiger partial charge in [-0.3, -0.25) is 0 Å². The van der Waals surface area contributed by atoms with Crippen molar-refractivity contribution < 1.29 is 0 Å². The lowest BCUT2D eigenvalue weighted by molar-refractivity contribution is 0.283. The largest absolute Gasteiger partial charge is 0.302 e. The highest BCUT2D eigenvalue weighted by molar-refractivity contribution is 5.30. The summed E-state index contributed by atoms with van der Waals surface area (Å²) in [7, 11) is 0. The SMILES string of the molecule is N#CC(C#N)(C#N)C1CNCNN1. The summed E-state index contributed by atoms with van der Waals surface area (Å²) in [4.78, 5) is 0. The molecule has 1 fully saturated rings. The van der Waals surface area contributed by atoms with E-state index in [9.17, 15) is 0 Å². The van der Waals surface area contributed by atoms with Gasteiger partial charge in [0.15, 0.2) is 0 Å². The zero-order valence-corrected chi connectivity index (χ0v) is 6.83. The molecule has 0 spiro atoms. The molecule has 0 radical (unpaired) electrons. The first-order valence-electron chi connectivity index (χ1n) is 3.72. The van der Waals surface area contributed by atoms with Crippen LogP contribution in [0.1, 0.15) is 0 Å². The van der Waals surface area contributed by atoms with E-state index in [4.69, 9.17) is 15.8 Å². The van der Waals surface area contributed by atoms with Crippen molar-refractivity contribution in [2.75, 3.05) is 13.2 Å². The molecule has 1 heterocycles. The van der Waals surface area contributed by atoms with E-state index in [0.29, 0.717) is 13.2 Å². The number of hydrogen-bond acceptors (Lipinski definition) is 6. The van der Waals surface area contributed by atoms with Crippen LogP contribution >= 0.6 is 0 Å². The average Bonchev–Trinajstić information content (AvgIpc) is 2.23. The third-order valence-corrected chi connectivity index (χ3v) is 1.89. The molecule has 1 aliphatic rings. The van der Waals surface area contributed by atoms with Crippen molar-refractivity contribution in [3.63, 3.8) is 0 Å². The van der Waals surface area contributed by atoms with Crippen LogP contribution in [0.5, 0.6) is 0 Å². The van der Waals surface area contributed by atoms with Gasteiger partial charge in [0.25, 0.3) is 0 Å². The quantitative estimate of drug-likeness (QED) is 0.452. The zero-order valence-electron chi connectivity index (χ0n) is 6.83. The van der Waals surface area contributed by atoms with Crippen molar-refractivity contribution in [1.29, 1.82) is 15.8 Å². The number of rotatable bonds is 1. The molecule has 0 aliphatic carbocycles. The van der Waals surface area contributed by atoms with Crippen LogP contribution in [0.2, 0.25) is 0 Å². The molecule has 0 aromatic carbocycles. The van der Waals surface area contributed by atoms with Gasteiger partial charge in [-0.15, -0.1) is 0 Å². The number of nitrogens with one attached hydrogen (secondary N) is 3. The smallest absolute Gasteiger partial charge is 0.246 e. The van der Waals surface area contributed by atoms with Gasteiger partial charge in [0.05, 0.1) is 12.7 Å². The number of nitriles is 3. The number of hydrazine groups is 1. The summed E-state index contributed by atoms with van der Waals surface area (Å²) in [6, 6.07) is 4.65. The Labute approximate surface area is 75.7 Å². The predicted octanol–water partition coefficient (Wildman–Crippen LogP) is -1.43. The van der Waals surface area contributed by atoms with Crippen LogP contribution in [0, 0.1) is 39.4 Å². The average molecular weight is 176 g/mol. The summed E-state index contributed by atoms with van der Waals surface area (Å²) in [6.45, 7) is 0.969. The Morgan fingerprint density at radius 2 is 1.77 bits per heavy atom. The van der Waals surface area contributed by atoms with Gasteiger partial charge in [0, 0.05) is 6.54 Å². The highest BCUT2D eigenvalue weighted by Crippen LogP contribution is 2.18. The monoisotopic (exact) mass is 176 g/mol. The first kappa shape index (κ1) is 9.44. The van der Waals surface area contributed by atoms with Crippen LogP contribution in [0.25, 0.3) is 0 Å². The van der Waals surface area contributed by atoms with Gasteiger partial charge in [-0.1, -0.05) is 0 Å². The van der Waals surface area contributed by atoms with Crippen LogP contribution in [0.3, 0.4) is 0 Å². The van der Waals surface area contributed by atoms with Crippen molar-refractivity contribution >= 4 is 0 Å². The second kappa shape index (κ2) is 3.84. The summed E-state index contributed by atoms with van der Waals surface area (Å²) in [5, 5.41) is 29.1. The fourth-order valence-electron chi connectivity index (χ4n) is 1.07. The molecule has 0 saturated carbocycles. The summed E-state index contributed by atoms with van der Waals surface area (Å²) in [5.74, 6) is 0. The molecule has 0 bridgehead atoms. The van der Waals surface area contributed by atoms with Crippen LogP contribution in [-0.4, -0.2) is 19.3 Å². The molecule has 66 valence electrons. The summed E-state index contributed by atoms with van der Waals surface area (Å²) in [6.07, 6.45) is 0. The van der Waals surface area contributed by atoms with Gasteiger partial charge < -0.3 is 5.32 Å². The van der Waals surface area contributed by atoms with Crippen LogP contribution in [-0.2, 0) is 0 Å². The second-order valence-electron chi connectivity index (χ2n) is 2.65. The van der Waals surface area contributed by atoms with Crippen LogP contribution in [0.4, 0.5) is 0 Å². The van der Waals surface area contributed by atoms with E-state index < -0.39 is 11.5 Å². The molecule has 1 rings (SSSR count). The van der Waals surface area contributed by atoms with Gasteiger partial charge in [0.1, 0.15) is 18.2 Å². The Morgan fingerprint density at radius 1 is 1.15 bits per heavy atom. The first-order valence-corrected chi connectivity index (χ1v) is 3.72. The minimum Gasteiger partial charge on any atom is -0.302 e. The Balaban J connectivity index is 2.84. The maximum absolute atomic E-state index is 8.74. The molecule has 3 N–H and O–H groups in total. The van der Waals surface area contributed by atoms with E-state index in [1.54, 1.807) is 18.2 Å². The number of nitrogens with zero attached hydrogens (tertiary/aromatic N) is 3. The molecule has 1 saturated heterocycles.